The lowest BCUT2D eigenvalue weighted by molar-refractivity contribution is 0.0991. The molecule has 4 rings (SSSR count). The Bertz CT molecular complexity index is 1060. The number of thiophene rings is 1. The van der Waals surface area contributed by atoms with Crippen molar-refractivity contribution in [3.63, 3.8) is 0 Å². The zero-order valence-corrected chi connectivity index (χ0v) is 16.9. The second-order valence-corrected chi connectivity index (χ2v) is 7.47. The molecule has 7 heteroatoms. The Kier molecular flexibility index (Phi) is 5.22. The Morgan fingerprint density at radius 3 is 2.66 bits per heavy atom. The van der Waals surface area contributed by atoms with Crippen molar-refractivity contribution in [1.82, 2.24) is 0 Å². The lowest BCUT2D eigenvalue weighted by Gasteiger charge is -2.18. The molecule has 2 heterocycles. The first-order valence-corrected chi connectivity index (χ1v) is 10.0. The van der Waals surface area contributed by atoms with Crippen molar-refractivity contribution < 1.29 is 19.1 Å². The second-order valence-electron chi connectivity index (χ2n) is 6.52. The zero-order valence-electron chi connectivity index (χ0n) is 16.1. The van der Waals surface area contributed by atoms with Gasteiger partial charge in [-0.2, -0.15) is 0 Å². The van der Waals surface area contributed by atoms with Crippen LogP contribution < -0.4 is 19.7 Å². The Balaban J connectivity index is 1.60. The van der Waals surface area contributed by atoms with Gasteiger partial charge in [0.15, 0.2) is 11.5 Å². The first-order chi connectivity index (χ1) is 14.1. The molecule has 0 saturated heterocycles. The number of ether oxygens (including phenoxy) is 2. The molecule has 29 heavy (non-hydrogen) atoms. The average Bonchev–Trinajstić information content (AvgIpc) is 3.42. The molecular weight excluding hydrogens is 388 g/mol. The van der Waals surface area contributed by atoms with Gasteiger partial charge in [-0.15, -0.1) is 11.3 Å². The number of methoxy groups -OCH3 is 2. The van der Waals surface area contributed by atoms with Crippen LogP contribution in [-0.4, -0.2) is 32.6 Å². The number of rotatable bonds is 5. The molecule has 0 atom stereocenters. The van der Waals surface area contributed by atoms with E-state index in [1.165, 1.54) is 25.6 Å². The van der Waals surface area contributed by atoms with Gasteiger partial charge in [-0.05, 0) is 47.7 Å². The third kappa shape index (κ3) is 3.56. The second kappa shape index (κ2) is 7.97. The number of amides is 2. The normalized spacial score (nSPS) is 12.4. The maximum atomic E-state index is 12.8. The quantitative estimate of drug-likeness (QED) is 0.686. The van der Waals surface area contributed by atoms with Crippen molar-refractivity contribution in [3.05, 3.63) is 69.9 Å². The number of carbonyl (C=O) groups is 2. The number of benzene rings is 2. The summed E-state index contributed by atoms with van der Waals surface area (Å²) in [5, 5.41) is 4.79. The van der Waals surface area contributed by atoms with E-state index in [1.807, 2.05) is 35.7 Å². The van der Waals surface area contributed by atoms with Crippen LogP contribution in [0.25, 0.3) is 0 Å². The lowest BCUT2D eigenvalue weighted by atomic mass is 10.1. The molecule has 1 aliphatic rings. The molecule has 0 bridgehead atoms. The van der Waals surface area contributed by atoms with Crippen LogP contribution in [0.5, 0.6) is 11.5 Å². The van der Waals surface area contributed by atoms with Crippen LogP contribution in [0.2, 0.25) is 0 Å². The van der Waals surface area contributed by atoms with Crippen molar-refractivity contribution in [2.24, 2.45) is 0 Å². The van der Waals surface area contributed by atoms with E-state index in [1.54, 1.807) is 23.1 Å². The van der Waals surface area contributed by atoms with Gasteiger partial charge in [0.1, 0.15) is 0 Å². The van der Waals surface area contributed by atoms with Crippen LogP contribution in [0.4, 0.5) is 11.4 Å². The largest absolute Gasteiger partial charge is 0.493 e. The summed E-state index contributed by atoms with van der Waals surface area (Å²) in [7, 11) is 3.03. The van der Waals surface area contributed by atoms with Gasteiger partial charge in [-0.25, -0.2) is 0 Å². The van der Waals surface area contributed by atoms with E-state index in [0.717, 1.165) is 17.7 Å². The highest BCUT2D eigenvalue weighted by Crippen LogP contribution is 2.34. The van der Waals surface area contributed by atoms with Crippen molar-refractivity contribution in [1.29, 1.82) is 0 Å². The summed E-state index contributed by atoms with van der Waals surface area (Å²) >= 11 is 1.43. The number of fused-ring (bicyclic) bond motifs is 1. The molecule has 2 aromatic carbocycles. The van der Waals surface area contributed by atoms with E-state index >= 15 is 0 Å². The fraction of sp³-hybridized carbons (Fsp3) is 0.182. The van der Waals surface area contributed by atoms with Gasteiger partial charge in [0.25, 0.3) is 11.8 Å². The molecular formula is C22H20N2O4S. The van der Waals surface area contributed by atoms with Gasteiger partial charge in [0.2, 0.25) is 0 Å². The monoisotopic (exact) mass is 408 g/mol. The molecule has 3 aromatic rings. The number of anilines is 2. The van der Waals surface area contributed by atoms with E-state index in [4.69, 9.17) is 9.47 Å². The van der Waals surface area contributed by atoms with E-state index in [9.17, 15) is 9.59 Å². The van der Waals surface area contributed by atoms with Crippen molar-refractivity contribution in [2.45, 2.75) is 6.42 Å². The first-order valence-electron chi connectivity index (χ1n) is 9.13. The summed E-state index contributed by atoms with van der Waals surface area (Å²) in [5.74, 6) is 0.538. The van der Waals surface area contributed by atoms with Crippen LogP contribution in [0, 0.1) is 0 Å². The molecule has 6 nitrogen and oxygen atoms in total. The third-order valence-electron chi connectivity index (χ3n) is 4.86. The average molecular weight is 408 g/mol. The Labute approximate surface area is 172 Å². The summed E-state index contributed by atoms with van der Waals surface area (Å²) in [5.41, 5.74) is 2.91. The van der Waals surface area contributed by atoms with Gasteiger partial charge in [-0.3, -0.25) is 9.59 Å². The standard InChI is InChI=1S/C22H20N2O4S/c1-27-18-6-3-5-16(20(18)28-2)21(25)23-15-9-8-14-10-11-24(17(14)13-15)22(26)19-7-4-12-29-19/h3-9,12-13H,10-11H2,1-2H3,(H,23,25). The number of nitrogens with zero attached hydrogens (tertiary/aromatic N) is 1. The van der Waals surface area contributed by atoms with E-state index in [0.29, 0.717) is 34.2 Å². The number of hydrogen-bond acceptors (Lipinski definition) is 5. The Hall–Kier alpha value is -3.32. The molecule has 1 aliphatic heterocycles. The molecule has 0 unspecified atom stereocenters. The molecule has 1 aromatic heterocycles. The fourth-order valence-electron chi connectivity index (χ4n) is 3.47. The Morgan fingerprint density at radius 1 is 1.07 bits per heavy atom. The van der Waals surface area contributed by atoms with E-state index < -0.39 is 0 Å². The summed E-state index contributed by atoms with van der Waals surface area (Å²) in [6, 6.07) is 14.5. The topological polar surface area (TPSA) is 67.9 Å². The molecule has 0 spiro atoms. The number of carbonyl (C=O) groups excluding carboxylic acids is 2. The molecule has 0 radical (unpaired) electrons. The molecule has 0 saturated carbocycles. The first kappa shape index (κ1) is 19.0. The summed E-state index contributed by atoms with van der Waals surface area (Å²) in [6.07, 6.45) is 0.796. The number of para-hydroxylation sites is 1. The van der Waals surface area contributed by atoms with Crippen molar-refractivity contribution in [2.75, 3.05) is 31.0 Å². The molecule has 0 fully saturated rings. The molecule has 1 N–H and O–H groups in total. The lowest BCUT2D eigenvalue weighted by Crippen LogP contribution is -2.28. The van der Waals surface area contributed by atoms with Crippen LogP contribution in [0.15, 0.2) is 53.9 Å². The van der Waals surface area contributed by atoms with E-state index in [2.05, 4.69) is 5.32 Å². The summed E-state index contributed by atoms with van der Waals surface area (Å²) in [4.78, 5) is 28.1. The predicted molar refractivity (Wildman–Crippen MR) is 114 cm³/mol. The molecule has 148 valence electrons. The zero-order chi connectivity index (χ0) is 20.4. The highest BCUT2D eigenvalue weighted by atomic mass is 32.1. The van der Waals surface area contributed by atoms with Gasteiger partial charge in [-0.1, -0.05) is 18.2 Å². The van der Waals surface area contributed by atoms with Crippen LogP contribution in [0.1, 0.15) is 25.6 Å². The van der Waals surface area contributed by atoms with Crippen molar-refractivity contribution in [3.8, 4) is 11.5 Å². The Morgan fingerprint density at radius 2 is 1.93 bits per heavy atom. The molecule has 2 amide bonds. The SMILES string of the molecule is COc1cccc(C(=O)Nc2ccc3c(c2)N(C(=O)c2cccs2)CC3)c1OC. The number of hydrogen-bond donors (Lipinski definition) is 1. The smallest absolute Gasteiger partial charge is 0.268 e. The van der Waals surface area contributed by atoms with Crippen LogP contribution in [-0.2, 0) is 6.42 Å². The summed E-state index contributed by atoms with van der Waals surface area (Å²) < 4.78 is 10.6. The van der Waals surface area contributed by atoms with Gasteiger partial charge in [0, 0.05) is 17.9 Å². The minimum Gasteiger partial charge on any atom is -0.493 e. The van der Waals surface area contributed by atoms with Crippen LogP contribution in [0.3, 0.4) is 0 Å². The molecule has 0 aliphatic carbocycles. The van der Waals surface area contributed by atoms with Crippen LogP contribution >= 0.6 is 11.3 Å². The maximum absolute atomic E-state index is 12.8. The van der Waals surface area contributed by atoms with Crippen molar-refractivity contribution >= 4 is 34.5 Å². The number of nitrogens with one attached hydrogen (secondary N) is 1. The highest BCUT2D eigenvalue weighted by molar-refractivity contribution is 7.12. The highest BCUT2D eigenvalue weighted by Gasteiger charge is 2.27. The summed E-state index contributed by atoms with van der Waals surface area (Å²) in [6.45, 7) is 0.632. The minimum atomic E-state index is -0.310. The maximum Gasteiger partial charge on any atom is 0.268 e. The fourth-order valence-corrected chi connectivity index (χ4v) is 4.14. The van der Waals surface area contributed by atoms with Gasteiger partial charge >= 0.3 is 0 Å². The van der Waals surface area contributed by atoms with Gasteiger partial charge < -0.3 is 19.7 Å². The van der Waals surface area contributed by atoms with Gasteiger partial charge in [0.05, 0.1) is 24.7 Å². The van der Waals surface area contributed by atoms with E-state index in [-0.39, 0.29) is 11.8 Å². The predicted octanol–water partition coefficient (Wildman–Crippen LogP) is 4.22. The third-order valence-corrected chi connectivity index (χ3v) is 5.72. The minimum absolute atomic E-state index is 0.0170.